The highest BCUT2D eigenvalue weighted by Gasteiger charge is 2.35. The van der Waals surface area contributed by atoms with Crippen molar-refractivity contribution < 1.29 is 4.42 Å². The summed E-state index contributed by atoms with van der Waals surface area (Å²) in [5.41, 5.74) is 2.45. The highest BCUT2D eigenvalue weighted by atomic mass is 32.2. The van der Waals surface area contributed by atoms with Crippen LogP contribution in [0, 0.1) is 11.8 Å². The molecule has 2 unspecified atom stereocenters. The summed E-state index contributed by atoms with van der Waals surface area (Å²) in [4.78, 5) is 14.5. The standard InChI is InChI=1S/C34H48N4OS2/c1-36(2)32(31-12-9-21-41-31)28-15-13-27(14-16-28)25-30(37-17-7-4-8-18-37)33-35-29(24-26-10-5-3-6-11-26)34(39-33)38-19-22-40-23-20-38/h3,5-6,9-12,21,27-28,30,32H,4,7-8,13-20,22-25H2,1-2H3. The Balaban J connectivity index is 1.22. The molecule has 2 saturated heterocycles. The first kappa shape index (κ1) is 29.3. The van der Waals surface area contributed by atoms with Gasteiger partial charge in [-0.3, -0.25) is 4.90 Å². The zero-order valence-electron chi connectivity index (χ0n) is 25.0. The topological polar surface area (TPSA) is 35.8 Å². The summed E-state index contributed by atoms with van der Waals surface area (Å²) in [6.45, 7) is 4.45. The first-order valence-corrected chi connectivity index (χ1v) is 18.0. The minimum Gasteiger partial charge on any atom is -0.423 e. The highest BCUT2D eigenvalue weighted by Crippen LogP contribution is 2.44. The smallest absolute Gasteiger partial charge is 0.220 e. The summed E-state index contributed by atoms with van der Waals surface area (Å²) in [6.07, 6.45) is 11.2. The van der Waals surface area contributed by atoms with Gasteiger partial charge in [-0.15, -0.1) is 11.3 Å². The average Bonchev–Trinajstić information content (AvgIpc) is 3.69. The number of thioether (sulfide) groups is 1. The fraction of sp³-hybridized carbons (Fsp3) is 0.618. The number of nitrogens with zero attached hydrogens (tertiary/aromatic N) is 4. The van der Waals surface area contributed by atoms with E-state index in [9.17, 15) is 0 Å². The van der Waals surface area contributed by atoms with Gasteiger partial charge in [0.1, 0.15) is 5.69 Å². The lowest BCUT2D eigenvalue weighted by Crippen LogP contribution is -2.36. The van der Waals surface area contributed by atoms with Crippen molar-refractivity contribution in [2.75, 3.05) is 56.7 Å². The second-order valence-electron chi connectivity index (χ2n) is 12.6. The number of rotatable bonds is 10. The molecule has 2 aliphatic heterocycles. The van der Waals surface area contributed by atoms with Gasteiger partial charge < -0.3 is 14.2 Å². The lowest BCUT2D eigenvalue weighted by atomic mass is 9.75. The van der Waals surface area contributed by atoms with Crippen LogP contribution >= 0.6 is 23.1 Å². The number of hydrogen-bond donors (Lipinski definition) is 0. The molecule has 1 aliphatic carbocycles. The number of oxazole rings is 1. The molecule has 0 radical (unpaired) electrons. The number of anilines is 1. The fourth-order valence-corrected chi connectivity index (χ4v) is 9.40. The van der Waals surface area contributed by atoms with E-state index < -0.39 is 0 Å². The summed E-state index contributed by atoms with van der Waals surface area (Å²) in [5, 5.41) is 2.24. The van der Waals surface area contributed by atoms with Gasteiger partial charge in [0.15, 0.2) is 0 Å². The van der Waals surface area contributed by atoms with Gasteiger partial charge in [-0.1, -0.05) is 55.7 Å². The minimum atomic E-state index is 0.293. The van der Waals surface area contributed by atoms with Crippen molar-refractivity contribution in [2.45, 2.75) is 69.9 Å². The quantitative estimate of drug-likeness (QED) is 0.238. The predicted molar refractivity (Wildman–Crippen MR) is 174 cm³/mol. The first-order valence-electron chi connectivity index (χ1n) is 16.0. The van der Waals surface area contributed by atoms with Gasteiger partial charge in [0.05, 0.1) is 6.04 Å². The lowest BCUT2D eigenvalue weighted by Gasteiger charge is -2.39. The summed E-state index contributed by atoms with van der Waals surface area (Å²) in [6, 6.07) is 16.2. The van der Waals surface area contributed by atoms with Crippen molar-refractivity contribution in [1.82, 2.24) is 14.8 Å². The molecule has 5 nitrogen and oxygen atoms in total. The Kier molecular flexibility index (Phi) is 10.1. The largest absolute Gasteiger partial charge is 0.423 e. The number of piperidine rings is 1. The molecule has 3 fully saturated rings. The molecule has 41 heavy (non-hydrogen) atoms. The number of aromatic nitrogens is 1. The van der Waals surface area contributed by atoms with E-state index in [0.717, 1.165) is 48.8 Å². The Morgan fingerprint density at radius 3 is 2.37 bits per heavy atom. The molecule has 3 aliphatic rings. The third kappa shape index (κ3) is 7.23. The van der Waals surface area contributed by atoms with E-state index in [4.69, 9.17) is 9.40 Å². The van der Waals surface area contributed by atoms with Crippen molar-refractivity contribution in [1.29, 1.82) is 0 Å². The molecule has 6 rings (SSSR count). The van der Waals surface area contributed by atoms with Gasteiger partial charge in [-0.25, -0.2) is 4.98 Å². The van der Waals surface area contributed by atoms with Crippen LogP contribution in [0.4, 0.5) is 5.88 Å². The first-order chi connectivity index (χ1) is 20.2. The molecule has 7 heteroatoms. The molecule has 0 N–H and O–H groups in total. The maximum absolute atomic E-state index is 6.88. The Morgan fingerprint density at radius 1 is 0.927 bits per heavy atom. The Bertz CT molecular complexity index is 1180. The molecule has 1 aromatic carbocycles. The molecule has 0 bridgehead atoms. The molecular weight excluding hydrogens is 545 g/mol. The molecule has 0 spiro atoms. The third-order valence-electron chi connectivity index (χ3n) is 9.61. The molecule has 222 valence electrons. The molecule has 0 amide bonds. The second-order valence-corrected chi connectivity index (χ2v) is 14.8. The van der Waals surface area contributed by atoms with Crippen LogP contribution in [-0.2, 0) is 6.42 Å². The van der Waals surface area contributed by atoms with E-state index in [1.807, 2.05) is 11.3 Å². The third-order valence-corrected chi connectivity index (χ3v) is 11.5. The van der Waals surface area contributed by atoms with Crippen molar-refractivity contribution in [3.63, 3.8) is 0 Å². The Labute approximate surface area is 255 Å². The molecule has 1 saturated carbocycles. The zero-order chi connectivity index (χ0) is 28.0. The van der Waals surface area contributed by atoms with Gasteiger partial charge >= 0.3 is 0 Å². The number of benzene rings is 1. The monoisotopic (exact) mass is 592 g/mol. The van der Waals surface area contributed by atoms with Crippen LogP contribution < -0.4 is 4.90 Å². The molecule has 2 atom stereocenters. The average molecular weight is 593 g/mol. The lowest BCUT2D eigenvalue weighted by molar-refractivity contribution is 0.0950. The number of thiophene rings is 1. The van der Waals surface area contributed by atoms with Crippen LogP contribution in [0.5, 0.6) is 0 Å². The van der Waals surface area contributed by atoms with Crippen LogP contribution in [0.25, 0.3) is 0 Å². The van der Waals surface area contributed by atoms with Crippen LogP contribution in [0.2, 0.25) is 0 Å². The van der Waals surface area contributed by atoms with Crippen LogP contribution in [0.1, 0.15) is 85.5 Å². The van der Waals surface area contributed by atoms with Gasteiger partial charge in [0.25, 0.3) is 0 Å². The molecule has 3 aromatic rings. The Morgan fingerprint density at radius 2 is 1.68 bits per heavy atom. The Hall–Kier alpha value is -1.80. The van der Waals surface area contributed by atoms with Crippen molar-refractivity contribution in [3.05, 3.63) is 69.9 Å². The zero-order valence-corrected chi connectivity index (χ0v) is 26.7. The van der Waals surface area contributed by atoms with E-state index in [1.54, 1.807) is 0 Å². The van der Waals surface area contributed by atoms with Crippen LogP contribution in [0.15, 0.2) is 52.3 Å². The summed E-state index contributed by atoms with van der Waals surface area (Å²) < 4.78 is 6.88. The van der Waals surface area contributed by atoms with E-state index in [1.165, 1.54) is 86.4 Å². The predicted octanol–water partition coefficient (Wildman–Crippen LogP) is 7.91. The number of hydrogen-bond acceptors (Lipinski definition) is 7. The normalized spacial score (nSPS) is 24.0. The summed E-state index contributed by atoms with van der Waals surface area (Å²) in [5.74, 6) is 5.84. The van der Waals surface area contributed by atoms with E-state index >= 15 is 0 Å². The van der Waals surface area contributed by atoms with Gasteiger partial charge in [-0.05, 0) is 88.1 Å². The number of likely N-dealkylation sites (tertiary alicyclic amines) is 1. The maximum atomic E-state index is 6.88. The van der Waals surface area contributed by atoms with Gasteiger partial charge in [-0.2, -0.15) is 11.8 Å². The van der Waals surface area contributed by atoms with E-state index in [2.05, 4.69) is 88.4 Å². The van der Waals surface area contributed by atoms with Gasteiger partial charge in [0, 0.05) is 41.9 Å². The van der Waals surface area contributed by atoms with Crippen LogP contribution in [-0.4, -0.2) is 66.6 Å². The van der Waals surface area contributed by atoms with Crippen molar-refractivity contribution in [3.8, 4) is 0 Å². The van der Waals surface area contributed by atoms with Gasteiger partial charge in [0.2, 0.25) is 11.8 Å². The highest BCUT2D eigenvalue weighted by molar-refractivity contribution is 7.99. The van der Waals surface area contributed by atoms with E-state index in [0.29, 0.717) is 12.1 Å². The fourth-order valence-electron chi connectivity index (χ4n) is 7.48. The van der Waals surface area contributed by atoms with Crippen LogP contribution in [0.3, 0.4) is 0 Å². The second kappa shape index (κ2) is 14.1. The molecule has 2 aromatic heterocycles. The minimum absolute atomic E-state index is 0.293. The maximum Gasteiger partial charge on any atom is 0.220 e. The summed E-state index contributed by atoms with van der Waals surface area (Å²) >= 11 is 3.97. The van der Waals surface area contributed by atoms with E-state index in [-0.39, 0.29) is 0 Å². The molecule has 4 heterocycles. The van der Waals surface area contributed by atoms with Crippen molar-refractivity contribution in [2.24, 2.45) is 11.8 Å². The molecular formula is C34H48N4OS2. The summed E-state index contributed by atoms with van der Waals surface area (Å²) in [7, 11) is 4.52. The SMILES string of the molecule is CN(C)C(c1cccs1)C1CCC(CC(c2nc(Cc3ccccc3)c(N3CCSCC3)o2)N2CCCCC2)CC1. The van der Waals surface area contributed by atoms with Crippen molar-refractivity contribution >= 4 is 29.0 Å².